The predicted molar refractivity (Wildman–Crippen MR) is 96.2 cm³/mol. The second-order valence-electron chi connectivity index (χ2n) is 5.49. The maximum Gasteiger partial charge on any atom is 0.305 e. The third kappa shape index (κ3) is 5.07. The first kappa shape index (κ1) is 19.5. The summed E-state index contributed by atoms with van der Waals surface area (Å²) in [5.41, 5.74) is 0.338. The van der Waals surface area contributed by atoms with Gasteiger partial charge in [-0.1, -0.05) is 6.08 Å². The molecule has 0 aromatic heterocycles. The van der Waals surface area contributed by atoms with Gasteiger partial charge >= 0.3 is 5.97 Å². The van der Waals surface area contributed by atoms with Gasteiger partial charge in [0.05, 0.1) is 17.4 Å². The first-order chi connectivity index (χ1) is 11.8. The number of sulfonamides is 1. The molecule has 1 amide bonds. The molecule has 25 heavy (non-hydrogen) atoms. The molecule has 0 spiro atoms. The van der Waals surface area contributed by atoms with Crippen LogP contribution in [0, 0.1) is 0 Å². The summed E-state index contributed by atoms with van der Waals surface area (Å²) in [6, 6.07) is 5.27. The minimum atomic E-state index is -3.64. The Balaban J connectivity index is 2.16. The Morgan fingerprint density at radius 2 is 2.04 bits per heavy atom. The normalized spacial score (nSPS) is 17.9. The molecule has 1 saturated heterocycles. The lowest BCUT2D eigenvalue weighted by Gasteiger charge is -2.34. The van der Waals surface area contributed by atoms with Crippen molar-refractivity contribution in [1.29, 1.82) is 0 Å². The van der Waals surface area contributed by atoms with Crippen molar-refractivity contribution in [2.45, 2.75) is 17.4 Å². The first-order valence-corrected chi connectivity index (χ1v) is 10.3. The highest BCUT2D eigenvalue weighted by molar-refractivity contribution is 7.99. The summed E-state index contributed by atoms with van der Waals surface area (Å²) in [5.74, 6) is 0.102. The van der Waals surface area contributed by atoms with Gasteiger partial charge in [-0.15, -0.1) is 6.58 Å². The zero-order chi connectivity index (χ0) is 18.4. The van der Waals surface area contributed by atoms with Crippen LogP contribution in [0.15, 0.2) is 41.8 Å². The van der Waals surface area contributed by atoms with Crippen molar-refractivity contribution in [3.8, 4) is 0 Å². The molecule has 0 bridgehead atoms. The maximum atomic E-state index is 12.7. The Kier molecular flexibility index (Phi) is 6.63. The van der Waals surface area contributed by atoms with E-state index in [0.29, 0.717) is 17.9 Å². The Labute approximate surface area is 151 Å². The number of amides is 1. The Hall–Kier alpha value is -1.84. The van der Waals surface area contributed by atoms with Crippen LogP contribution in [0.2, 0.25) is 0 Å². The van der Waals surface area contributed by atoms with Crippen molar-refractivity contribution < 1.29 is 23.1 Å². The molecule has 1 atom stereocenters. The van der Waals surface area contributed by atoms with E-state index in [9.17, 15) is 18.0 Å². The molecule has 1 heterocycles. The van der Waals surface area contributed by atoms with E-state index in [1.807, 2.05) is 0 Å². The lowest BCUT2D eigenvalue weighted by molar-refractivity contribution is -0.138. The monoisotopic (exact) mass is 384 g/mol. The average Bonchev–Trinajstić information content (AvgIpc) is 2.59. The molecule has 1 aliphatic heterocycles. The molecule has 1 unspecified atom stereocenters. The number of nitrogens with zero attached hydrogens (tertiary/aromatic N) is 1. The average molecular weight is 384 g/mol. The number of hydrogen-bond acceptors (Lipinski definition) is 5. The van der Waals surface area contributed by atoms with Gasteiger partial charge in [-0.05, 0) is 24.3 Å². The summed E-state index contributed by atoms with van der Waals surface area (Å²) >= 11 is 1.62. The summed E-state index contributed by atoms with van der Waals surface area (Å²) in [6.45, 7) is 4.04. The van der Waals surface area contributed by atoms with E-state index in [0.717, 1.165) is 5.75 Å². The number of thioether (sulfide) groups is 1. The molecule has 136 valence electrons. The first-order valence-electron chi connectivity index (χ1n) is 7.66. The molecular weight excluding hydrogens is 364 g/mol. The van der Waals surface area contributed by atoms with Gasteiger partial charge in [-0.25, -0.2) is 13.1 Å². The molecule has 1 fully saturated rings. The number of nitrogens with one attached hydrogen (secondary N) is 1. The van der Waals surface area contributed by atoms with Crippen LogP contribution in [0.1, 0.15) is 16.8 Å². The van der Waals surface area contributed by atoms with Gasteiger partial charge in [0, 0.05) is 30.2 Å². The summed E-state index contributed by atoms with van der Waals surface area (Å²) in [7, 11) is -3.64. The van der Waals surface area contributed by atoms with Crippen molar-refractivity contribution in [2.75, 3.05) is 24.6 Å². The van der Waals surface area contributed by atoms with Crippen LogP contribution in [-0.4, -0.2) is 60.9 Å². The highest BCUT2D eigenvalue weighted by Crippen LogP contribution is 2.22. The Bertz CT molecular complexity index is 746. The van der Waals surface area contributed by atoms with Gasteiger partial charge in [0.25, 0.3) is 5.91 Å². The van der Waals surface area contributed by atoms with E-state index in [4.69, 9.17) is 5.11 Å². The minimum absolute atomic E-state index is 0.0576. The largest absolute Gasteiger partial charge is 0.481 e. The maximum absolute atomic E-state index is 12.7. The second-order valence-corrected chi connectivity index (χ2v) is 8.41. The van der Waals surface area contributed by atoms with Gasteiger partial charge in [0.1, 0.15) is 0 Å². The van der Waals surface area contributed by atoms with Crippen LogP contribution in [-0.2, 0) is 14.8 Å². The molecular formula is C16H20N2O5S2. The molecule has 2 N–H and O–H groups in total. The quantitative estimate of drug-likeness (QED) is 0.684. The molecule has 1 aromatic rings. The van der Waals surface area contributed by atoms with Crippen LogP contribution in [0.4, 0.5) is 0 Å². The van der Waals surface area contributed by atoms with Crippen molar-refractivity contribution in [3.63, 3.8) is 0 Å². The summed E-state index contributed by atoms with van der Waals surface area (Å²) in [4.78, 5) is 25.3. The fraction of sp³-hybridized carbons (Fsp3) is 0.375. The zero-order valence-electron chi connectivity index (χ0n) is 13.6. The van der Waals surface area contributed by atoms with Crippen LogP contribution < -0.4 is 4.72 Å². The van der Waals surface area contributed by atoms with Crippen LogP contribution in [0.3, 0.4) is 0 Å². The number of carbonyl (C=O) groups excluding carboxylic acids is 1. The van der Waals surface area contributed by atoms with Gasteiger partial charge < -0.3 is 10.0 Å². The predicted octanol–water partition coefficient (Wildman–Crippen LogP) is 1.18. The number of hydrogen-bond donors (Lipinski definition) is 2. The number of benzene rings is 1. The third-order valence-corrected chi connectivity index (χ3v) is 6.26. The molecule has 0 saturated carbocycles. The fourth-order valence-electron chi connectivity index (χ4n) is 2.49. The molecule has 1 aliphatic rings. The van der Waals surface area contributed by atoms with Crippen molar-refractivity contribution >= 4 is 33.7 Å². The number of carboxylic acid groups (broad SMARTS) is 1. The minimum Gasteiger partial charge on any atom is -0.481 e. The number of carboxylic acids is 1. The number of aliphatic carboxylic acids is 1. The molecule has 7 nitrogen and oxygen atoms in total. The van der Waals surface area contributed by atoms with Gasteiger partial charge in [-0.2, -0.15) is 11.8 Å². The van der Waals surface area contributed by atoms with Gasteiger partial charge in [0.15, 0.2) is 0 Å². The molecule has 0 aliphatic carbocycles. The van der Waals surface area contributed by atoms with Crippen molar-refractivity contribution in [3.05, 3.63) is 42.5 Å². The van der Waals surface area contributed by atoms with Crippen molar-refractivity contribution in [2.24, 2.45) is 0 Å². The number of carbonyl (C=O) groups is 2. The van der Waals surface area contributed by atoms with E-state index >= 15 is 0 Å². The molecule has 2 rings (SSSR count). The lowest BCUT2D eigenvalue weighted by Crippen LogP contribution is -2.47. The molecule has 9 heteroatoms. The topological polar surface area (TPSA) is 104 Å². The lowest BCUT2D eigenvalue weighted by atomic mass is 10.1. The zero-order valence-corrected chi connectivity index (χ0v) is 15.2. The standard InChI is InChI=1S/C16H20N2O5S2/c1-2-7-17-25(22,23)14-5-3-12(4-6-14)16(21)18-8-9-24-11-13(18)10-15(19)20/h2-6,13,17H,1,7-11H2,(H,19,20). The number of rotatable bonds is 7. The Morgan fingerprint density at radius 3 is 2.64 bits per heavy atom. The SMILES string of the molecule is C=CCNS(=O)(=O)c1ccc(C(=O)N2CCSCC2CC(=O)O)cc1. The summed E-state index contributed by atoms with van der Waals surface area (Å²) in [5, 5.41) is 9.00. The smallest absolute Gasteiger partial charge is 0.305 e. The van der Waals surface area contributed by atoms with E-state index in [1.165, 1.54) is 30.3 Å². The van der Waals surface area contributed by atoms with Crippen LogP contribution >= 0.6 is 11.8 Å². The van der Waals surface area contributed by atoms with Gasteiger partial charge in [0.2, 0.25) is 10.0 Å². The molecule has 0 radical (unpaired) electrons. The van der Waals surface area contributed by atoms with Crippen LogP contribution in [0.5, 0.6) is 0 Å². The van der Waals surface area contributed by atoms with E-state index in [1.54, 1.807) is 16.7 Å². The Morgan fingerprint density at radius 1 is 1.36 bits per heavy atom. The highest BCUT2D eigenvalue weighted by Gasteiger charge is 2.29. The van der Waals surface area contributed by atoms with E-state index in [2.05, 4.69) is 11.3 Å². The highest BCUT2D eigenvalue weighted by atomic mass is 32.2. The van der Waals surface area contributed by atoms with Gasteiger partial charge in [-0.3, -0.25) is 9.59 Å². The van der Waals surface area contributed by atoms with Crippen molar-refractivity contribution in [1.82, 2.24) is 9.62 Å². The second kappa shape index (κ2) is 8.50. The molecule has 1 aromatic carbocycles. The van der Waals surface area contributed by atoms with E-state index in [-0.39, 0.29) is 29.8 Å². The van der Waals surface area contributed by atoms with E-state index < -0.39 is 16.0 Å². The van der Waals surface area contributed by atoms with Crippen LogP contribution in [0.25, 0.3) is 0 Å². The third-order valence-electron chi connectivity index (χ3n) is 3.73. The summed E-state index contributed by atoms with van der Waals surface area (Å²) in [6.07, 6.45) is 1.34. The summed E-state index contributed by atoms with van der Waals surface area (Å²) < 4.78 is 26.4. The fourth-order valence-corrected chi connectivity index (χ4v) is 4.55.